The fraction of sp³-hybridized carbons (Fsp3) is 0.579. The molecule has 1 aromatic rings. The van der Waals surface area contributed by atoms with Gasteiger partial charge < -0.3 is 15.3 Å². The molecular formula is C19H26N2O3. The number of aliphatic carboxylic acids is 1. The monoisotopic (exact) mass is 330 g/mol. The van der Waals surface area contributed by atoms with E-state index >= 15 is 0 Å². The molecule has 2 fully saturated rings. The number of nitrogens with one attached hydrogen (secondary N) is 1. The zero-order valence-corrected chi connectivity index (χ0v) is 14.4. The first-order valence-electron chi connectivity index (χ1n) is 8.66. The number of carboxylic acids is 1. The van der Waals surface area contributed by atoms with Gasteiger partial charge in [-0.25, -0.2) is 0 Å². The van der Waals surface area contributed by atoms with Crippen LogP contribution < -0.4 is 5.32 Å². The summed E-state index contributed by atoms with van der Waals surface area (Å²) in [5, 5.41) is 12.7. The Morgan fingerprint density at radius 1 is 1.25 bits per heavy atom. The normalized spacial score (nSPS) is 28.3. The van der Waals surface area contributed by atoms with Gasteiger partial charge >= 0.3 is 5.97 Å². The number of nitrogens with zero attached hydrogens (tertiary/aromatic N) is 1. The van der Waals surface area contributed by atoms with Crippen molar-refractivity contribution >= 4 is 11.9 Å². The van der Waals surface area contributed by atoms with Crippen LogP contribution in [0.2, 0.25) is 0 Å². The van der Waals surface area contributed by atoms with Gasteiger partial charge in [0.2, 0.25) is 5.91 Å². The van der Waals surface area contributed by atoms with Crippen LogP contribution in [0.3, 0.4) is 0 Å². The molecule has 2 N–H and O–H groups in total. The summed E-state index contributed by atoms with van der Waals surface area (Å²) in [5.41, 5.74) is 0.989. The third-order valence-corrected chi connectivity index (χ3v) is 5.68. The van der Waals surface area contributed by atoms with Crippen LogP contribution in [0.1, 0.15) is 36.8 Å². The van der Waals surface area contributed by atoms with Crippen molar-refractivity contribution in [3.8, 4) is 0 Å². The number of hydrogen-bond donors (Lipinski definition) is 2. The molecule has 0 radical (unpaired) electrons. The third-order valence-electron chi connectivity index (χ3n) is 5.68. The Morgan fingerprint density at radius 2 is 1.96 bits per heavy atom. The zero-order chi connectivity index (χ0) is 17.3. The molecule has 1 aromatic carbocycles. The van der Waals surface area contributed by atoms with E-state index in [1.807, 2.05) is 38.4 Å². The lowest BCUT2D eigenvalue weighted by atomic mass is 9.72. The minimum Gasteiger partial charge on any atom is -0.480 e. The molecule has 0 heterocycles. The van der Waals surface area contributed by atoms with Gasteiger partial charge in [0.1, 0.15) is 5.41 Å². The van der Waals surface area contributed by atoms with Gasteiger partial charge in [-0.2, -0.15) is 0 Å². The quantitative estimate of drug-likeness (QED) is 0.785. The number of amides is 1. The topological polar surface area (TPSA) is 69.6 Å². The van der Waals surface area contributed by atoms with Crippen LogP contribution in [-0.4, -0.2) is 36.0 Å². The van der Waals surface area contributed by atoms with E-state index in [1.54, 1.807) is 0 Å². The first-order chi connectivity index (χ1) is 11.4. The van der Waals surface area contributed by atoms with Crippen molar-refractivity contribution in [2.45, 2.75) is 38.8 Å². The summed E-state index contributed by atoms with van der Waals surface area (Å²) in [4.78, 5) is 26.8. The van der Waals surface area contributed by atoms with Crippen LogP contribution in [0.4, 0.5) is 0 Å². The molecule has 0 saturated heterocycles. The average molecular weight is 330 g/mol. The minimum atomic E-state index is -1.21. The highest BCUT2D eigenvalue weighted by atomic mass is 16.4. The van der Waals surface area contributed by atoms with Gasteiger partial charge in [0, 0.05) is 13.1 Å². The van der Waals surface area contributed by atoms with E-state index in [0.29, 0.717) is 18.9 Å². The van der Waals surface area contributed by atoms with E-state index in [1.165, 1.54) is 0 Å². The Balaban J connectivity index is 1.73. The number of benzene rings is 1. The van der Waals surface area contributed by atoms with E-state index in [2.05, 4.69) is 10.2 Å². The number of carbonyl (C=O) groups excluding carboxylic acids is 1. The first-order valence-corrected chi connectivity index (χ1v) is 8.66. The van der Waals surface area contributed by atoms with E-state index in [9.17, 15) is 14.7 Å². The number of carboxylic acid groups (broad SMARTS) is 1. The Labute approximate surface area is 143 Å². The van der Waals surface area contributed by atoms with Crippen molar-refractivity contribution in [1.29, 1.82) is 0 Å². The fourth-order valence-electron chi connectivity index (χ4n) is 4.53. The highest BCUT2D eigenvalue weighted by Crippen LogP contribution is 2.56. The summed E-state index contributed by atoms with van der Waals surface area (Å²) in [6, 6.07) is 7.98. The predicted molar refractivity (Wildman–Crippen MR) is 91.2 cm³/mol. The molecular weight excluding hydrogens is 304 g/mol. The van der Waals surface area contributed by atoms with E-state index in [0.717, 1.165) is 36.9 Å². The summed E-state index contributed by atoms with van der Waals surface area (Å²) in [6.07, 6.45) is 3.31. The summed E-state index contributed by atoms with van der Waals surface area (Å²) >= 11 is 0. The Hall–Kier alpha value is -1.88. The van der Waals surface area contributed by atoms with Crippen LogP contribution in [0.25, 0.3) is 0 Å². The van der Waals surface area contributed by atoms with Crippen LogP contribution in [0.15, 0.2) is 24.3 Å². The molecule has 3 unspecified atom stereocenters. The number of rotatable bonds is 6. The molecule has 1 amide bonds. The highest BCUT2D eigenvalue weighted by molar-refractivity contribution is 6.02. The first kappa shape index (κ1) is 17.0. The van der Waals surface area contributed by atoms with Crippen LogP contribution in [0.5, 0.6) is 0 Å². The largest absolute Gasteiger partial charge is 0.480 e. The van der Waals surface area contributed by atoms with Crippen LogP contribution in [0, 0.1) is 17.3 Å². The Morgan fingerprint density at radius 3 is 2.50 bits per heavy atom. The fourth-order valence-corrected chi connectivity index (χ4v) is 4.53. The molecule has 2 saturated carbocycles. The molecule has 3 rings (SSSR count). The minimum absolute atomic E-state index is 0.00276. The smallest absolute Gasteiger partial charge is 0.319 e. The molecule has 24 heavy (non-hydrogen) atoms. The third kappa shape index (κ3) is 2.93. The van der Waals surface area contributed by atoms with Crippen molar-refractivity contribution in [1.82, 2.24) is 10.2 Å². The van der Waals surface area contributed by atoms with Gasteiger partial charge in [-0.05, 0) is 56.3 Å². The molecule has 0 aromatic heterocycles. The lowest BCUT2D eigenvalue weighted by Crippen LogP contribution is -2.49. The molecule has 0 aliphatic heterocycles. The number of carbonyl (C=O) groups is 2. The lowest BCUT2D eigenvalue weighted by molar-refractivity contribution is -0.160. The van der Waals surface area contributed by atoms with Crippen molar-refractivity contribution in [2.75, 3.05) is 14.1 Å². The zero-order valence-electron chi connectivity index (χ0n) is 14.4. The second-order valence-corrected chi connectivity index (χ2v) is 7.55. The molecule has 3 atom stereocenters. The summed E-state index contributed by atoms with van der Waals surface area (Å²) in [7, 11) is 4.01. The maximum Gasteiger partial charge on any atom is 0.319 e. The van der Waals surface area contributed by atoms with E-state index < -0.39 is 11.4 Å². The summed E-state index contributed by atoms with van der Waals surface area (Å²) in [6.45, 7) is 1.18. The highest BCUT2D eigenvalue weighted by Gasteiger charge is 2.60. The standard InChI is InChI=1S/C19H26N2O3/c1-21(2)12-15-6-4-3-5-14(15)11-20-17(22)19(18(23)24)10-13-7-8-16(19)9-13/h3-6,13,16H,7-12H2,1-2H3,(H,20,22)(H,23,24). The van der Waals surface area contributed by atoms with Crippen molar-refractivity contribution < 1.29 is 14.7 Å². The Kier molecular flexibility index (Phi) is 4.63. The Bertz CT molecular complexity index is 643. The van der Waals surface area contributed by atoms with Crippen LogP contribution in [-0.2, 0) is 22.7 Å². The molecule has 130 valence electrons. The maximum atomic E-state index is 12.8. The molecule has 2 bridgehead atoms. The molecule has 2 aliphatic carbocycles. The van der Waals surface area contributed by atoms with Gasteiger partial charge in [0.05, 0.1) is 0 Å². The lowest BCUT2D eigenvalue weighted by Gasteiger charge is -2.32. The van der Waals surface area contributed by atoms with Crippen molar-refractivity contribution in [2.24, 2.45) is 17.3 Å². The van der Waals surface area contributed by atoms with Crippen LogP contribution >= 0.6 is 0 Å². The second kappa shape index (κ2) is 6.55. The van der Waals surface area contributed by atoms with Gasteiger partial charge in [-0.3, -0.25) is 9.59 Å². The number of fused-ring (bicyclic) bond motifs is 2. The van der Waals surface area contributed by atoms with E-state index in [-0.39, 0.29) is 11.8 Å². The molecule has 5 nitrogen and oxygen atoms in total. The van der Waals surface area contributed by atoms with Gasteiger partial charge in [0.15, 0.2) is 0 Å². The summed E-state index contributed by atoms with van der Waals surface area (Å²) < 4.78 is 0. The number of hydrogen-bond acceptors (Lipinski definition) is 3. The second-order valence-electron chi connectivity index (χ2n) is 7.55. The van der Waals surface area contributed by atoms with Gasteiger partial charge in [-0.15, -0.1) is 0 Å². The SMILES string of the molecule is CN(C)Cc1ccccc1CNC(=O)C1(C(=O)O)CC2CCC1C2. The molecule has 0 spiro atoms. The summed E-state index contributed by atoms with van der Waals surface area (Å²) in [5.74, 6) is -0.856. The maximum absolute atomic E-state index is 12.8. The van der Waals surface area contributed by atoms with E-state index in [4.69, 9.17) is 0 Å². The van der Waals surface area contributed by atoms with Crippen molar-refractivity contribution in [3.63, 3.8) is 0 Å². The van der Waals surface area contributed by atoms with Gasteiger partial charge in [0.25, 0.3) is 0 Å². The molecule has 2 aliphatic rings. The predicted octanol–water partition coefficient (Wildman–Crippen LogP) is 2.26. The average Bonchev–Trinajstić information content (AvgIpc) is 3.14. The van der Waals surface area contributed by atoms with Crippen molar-refractivity contribution in [3.05, 3.63) is 35.4 Å². The van der Waals surface area contributed by atoms with Gasteiger partial charge in [-0.1, -0.05) is 30.7 Å². The molecule has 5 heteroatoms.